The van der Waals surface area contributed by atoms with Crippen LogP contribution in [0.5, 0.6) is 0 Å². The fourth-order valence-corrected chi connectivity index (χ4v) is 2.53. The van der Waals surface area contributed by atoms with Gasteiger partial charge in [0.15, 0.2) is 0 Å². The molecule has 1 heterocycles. The van der Waals surface area contributed by atoms with Crippen LogP contribution in [0.3, 0.4) is 0 Å². The van der Waals surface area contributed by atoms with Gasteiger partial charge in [0.2, 0.25) is 5.91 Å². The molecule has 2 atom stereocenters. The number of rotatable bonds is 4. The van der Waals surface area contributed by atoms with Crippen molar-refractivity contribution in [1.29, 1.82) is 0 Å². The van der Waals surface area contributed by atoms with Crippen molar-refractivity contribution in [2.24, 2.45) is 5.92 Å². The molecule has 0 saturated heterocycles. The molecule has 1 aromatic heterocycles. The van der Waals surface area contributed by atoms with Gasteiger partial charge in [0.25, 0.3) is 0 Å². The van der Waals surface area contributed by atoms with E-state index in [0.29, 0.717) is 6.54 Å². The van der Waals surface area contributed by atoms with Gasteiger partial charge in [-0.2, -0.15) is 5.10 Å². The average Bonchev–Trinajstić information content (AvgIpc) is 2.83. The van der Waals surface area contributed by atoms with Crippen LogP contribution in [0.4, 0.5) is 0 Å². The highest BCUT2D eigenvalue weighted by molar-refractivity contribution is 5.75. The lowest BCUT2D eigenvalue weighted by atomic mass is 10.1. The molecule has 0 bridgehead atoms. The van der Waals surface area contributed by atoms with Crippen LogP contribution in [0.15, 0.2) is 6.07 Å². The van der Waals surface area contributed by atoms with E-state index < -0.39 is 0 Å². The Morgan fingerprint density at radius 1 is 1.56 bits per heavy atom. The molecular weight excluding hydrogens is 230 g/mol. The van der Waals surface area contributed by atoms with Crippen LogP contribution in [0.2, 0.25) is 0 Å². The van der Waals surface area contributed by atoms with Gasteiger partial charge in [-0.25, -0.2) is 0 Å². The molecule has 1 fully saturated rings. The van der Waals surface area contributed by atoms with Gasteiger partial charge < -0.3 is 10.4 Å². The number of carbonyl (C=O) groups excluding carboxylic acids is 1. The highest BCUT2D eigenvalue weighted by Crippen LogP contribution is 2.24. The van der Waals surface area contributed by atoms with Crippen LogP contribution in [-0.4, -0.2) is 33.4 Å². The Labute approximate surface area is 107 Å². The zero-order chi connectivity index (χ0) is 13.1. The van der Waals surface area contributed by atoms with Crippen LogP contribution in [-0.2, 0) is 11.3 Å². The molecule has 18 heavy (non-hydrogen) atoms. The van der Waals surface area contributed by atoms with E-state index in [1.54, 1.807) is 4.68 Å². The van der Waals surface area contributed by atoms with Crippen LogP contribution >= 0.6 is 0 Å². The second-order valence-corrected chi connectivity index (χ2v) is 5.15. The molecule has 0 spiro atoms. The minimum absolute atomic E-state index is 0.0414. The summed E-state index contributed by atoms with van der Waals surface area (Å²) in [6, 6.07) is 1.95. The van der Waals surface area contributed by atoms with Crippen LogP contribution in [0.25, 0.3) is 0 Å². The standard InChI is InChI=1S/C13H21N3O2/c1-9-6-10(2)16(15-9)8-13(18)14-7-11-4-3-5-12(11)17/h6,11-12,17H,3-5,7-8H2,1-2H3,(H,14,18). The van der Waals surface area contributed by atoms with E-state index >= 15 is 0 Å². The normalized spacial score (nSPS) is 23.3. The summed E-state index contributed by atoms with van der Waals surface area (Å²) in [5, 5.41) is 16.8. The Hall–Kier alpha value is -1.36. The van der Waals surface area contributed by atoms with Gasteiger partial charge in [-0.05, 0) is 32.8 Å². The fraction of sp³-hybridized carbons (Fsp3) is 0.692. The number of aliphatic hydroxyl groups is 1. The summed E-state index contributed by atoms with van der Waals surface area (Å²) in [7, 11) is 0. The molecule has 0 radical (unpaired) electrons. The number of aromatic nitrogens is 2. The first-order chi connectivity index (χ1) is 8.56. The third-order valence-corrected chi connectivity index (χ3v) is 3.58. The quantitative estimate of drug-likeness (QED) is 0.831. The van der Waals surface area contributed by atoms with Gasteiger partial charge in [-0.1, -0.05) is 6.42 Å². The Bertz CT molecular complexity index is 428. The molecule has 2 N–H and O–H groups in total. The Morgan fingerprint density at radius 3 is 2.89 bits per heavy atom. The lowest BCUT2D eigenvalue weighted by molar-refractivity contribution is -0.122. The van der Waals surface area contributed by atoms with Gasteiger partial charge in [-0.15, -0.1) is 0 Å². The third kappa shape index (κ3) is 3.10. The first-order valence-electron chi connectivity index (χ1n) is 6.52. The van der Waals surface area contributed by atoms with Gasteiger partial charge in [0.1, 0.15) is 6.54 Å². The minimum Gasteiger partial charge on any atom is -0.393 e. The van der Waals surface area contributed by atoms with Crippen molar-refractivity contribution in [2.75, 3.05) is 6.54 Å². The van der Waals surface area contributed by atoms with E-state index in [-0.39, 0.29) is 24.5 Å². The fourth-order valence-electron chi connectivity index (χ4n) is 2.53. The van der Waals surface area contributed by atoms with Gasteiger partial charge in [0.05, 0.1) is 11.8 Å². The van der Waals surface area contributed by atoms with Crippen LogP contribution in [0.1, 0.15) is 30.7 Å². The largest absolute Gasteiger partial charge is 0.393 e. The van der Waals surface area contributed by atoms with Crippen molar-refractivity contribution in [2.45, 2.75) is 45.8 Å². The summed E-state index contributed by atoms with van der Waals surface area (Å²) in [4.78, 5) is 11.8. The maximum atomic E-state index is 11.8. The number of nitrogens with one attached hydrogen (secondary N) is 1. The van der Waals surface area contributed by atoms with Crippen molar-refractivity contribution in [3.05, 3.63) is 17.5 Å². The monoisotopic (exact) mass is 251 g/mol. The highest BCUT2D eigenvalue weighted by atomic mass is 16.3. The van der Waals surface area contributed by atoms with E-state index in [4.69, 9.17) is 0 Å². The maximum absolute atomic E-state index is 11.8. The lowest BCUT2D eigenvalue weighted by Gasteiger charge is -2.15. The summed E-state index contributed by atoms with van der Waals surface area (Å²) >= 11 is 0. The van der Waals surface area contributed by atoms with Crippen LogP contribution in [0, 0.1) is 19.8 Å². The number of aryl methyl sites for hydroxylation is 2. The first kappa shape index (κ1) is 13.1. The molecule has 2 rings (SSSR count). The smallest absolute Gasteiger partial charge is 0.241 e. The summed E-state index contributed by atoms with van der Waals surface area (Å²) in [5.41, 5.74) is 1.91. The number of hydrogen-bond acceptors (Lipinski definition) is 3. The SMILES string of the molecule is Cc1cc(C)n(CC(=O)NCC2CCCC2O)n1. The number of carbonyl (C=O) groups is 1. The minimum atomic E-state index is -0.251. The molecule has 5 nitrogen and oxygen atoms in total. The van der Waals surface area contributed by atoms with Gasteiger partial charge >= 0.3 is 0 Å². The molecular formula is C13H21N3O2. The summed E-state index contributed by atoms with van der Waals surface area (Å²) in [6.45, 7) is 4.67. The summed E-state index contributed by atoms with van der Waals surface area (Å²) in [5.74, 6) is 0.176. The highest BCUT2D eigenvalue weighted by Gasteiger charge is 2.25. The second kappa shape index (κ2) is 5.52. The Balaban J connectivity index is 1.80. The first-order valence-corrected chi connectivity index (χ1v) is 6.52. The van der Waals surface area contributed by atoms with Crippen molar-refractivity contribution in [3.8, 4) is 0 Å². The molecule has 100 valence electrons. The van der Waals surface area contributed by atoms with E-state index in [2.05, 4.69) is 10.4 Å². The zero-order valence-corrected chi connectivity index (χ0v) is 11.0. The average molecular weight is 251 g/mol. The van der Waals surface area contributed by atoms with Crippen molar-refractivity contribution < 1.29 is 9.90 Å². The van der Waals surface area contributed by atoms with Gasteiger partial charge in [0, 0.05) is 18.2 Å². The molecule has 0 aliphatic heterocycles. The van der Waals surface area contributed by atoms with Gasteiger partial charge in [-0.3, -0.25) is 9.48 Å². The lowest BCUT2D eigenvalue weighted by Crippen LogP contribution is -2.34. The van der Waals surface area contributed by atoms with Crippen molar-refractivity contribution >= 4 is 5.91 Å². The number of hydrogen-bond donors (Lipinski definition) is 2. The molecule has 5 heteroatoms. The summed E-state index contributed by atoms with van der Waals surface area (Å²) < 4.78 is 1.70. The molecule has 1 aromatic rings. The van der Waals surface area contributed by atoms with E-state index in [1.165, 1.54) is 0 Å². The maximum Gasteiger partial charge on any atom is 0.241 e. The Kier molecular flexibility index (Phi) is 4.01. The second-order valence-electron chi connectivity index (χ2n) is 5.15. The van der Waals surface area contributed by atoms with Crippen molar-refractivity contribution in [1.82, 2.24) is 15.1 Å². The van der Waals surface area contributed by atoms with E-state index in [0.717, 1.165) is 30.7 Å². The molecule has 1 aliphatic rings. The zero-order valence-electron chi connectivity index (χ0n) is 11.0. The number of aliphatic hydroxyl groups excluding tert-OH is 1. The molecule has 1 amide bonds. The van der Waals surface area contributed by atoms with Crippen molar-refractivity contribution in [3.63, 3.8) is 0 Å². The molecule has 1 saturated carbocycles. The van der Waals surface area contributed by atoms with Crippen LogP contribution < -0.4 is 5.32 Å². The number of amides is 1. The summed E-state index contributed by atoms with van der Waals surface area (Å²) in [6.07, 6.45) is 2.66. The topological polar surface area (TPSA) is 67.2 Å². The number of nitrogens with zero attached hydrogens (tertiary/aromatic N) is 2. The van der Waals surface area contributed by atoms with E-state index in [9.17, 15) is 9.90 Å². The predicted octanol–water partition coefficient (Wildman–Crippen LogP) is 0.777. The van der Waals surface area contributed by atoms with E-state index in [1.807, 2.05) is 19.9 Å². The molecule has 0 aromatic carbocycles. The Morgan fingerprint density at radius 2 is 2.33 bits per heavy atom. The predicted molar refractivity (Wildman–Crippen MR) is 68.1 cm³/mol. The third-order valence-electron chi connectivity index (χ3n) is 3.58. The molecule has 1 aliphatic carbocycles. The molecule has 2 unspecified atom stereocenters.